The predicted molar refractivity (Wildman–Crippen MR) is 92.5 cm³/mol. The molecule has 26 heavy (non-hydrogen) atoms. The van der Waals surface area contributed by atoms with Crippen molar-refractivity contribution in [3.8, 4) is 0 Å². The summed E-state index contributed by atoms with van der Waals surface area (Å²) < 4.78 is 44.5. The second-order valence-corrected chi connectivity index (χ2v) is 5.81. The van der Waals surface area contributed by atoms with Crippen LogP contribution in [0.15, 0.2) is 36.5 Å². The van der Waals surface area contributed by atoms with Crippen LogP contribution in [0.3, 0.4) is 0 Å². The molecule has 0 unspecified atom stereocenters. The lowest BCUT2D eigenvalue weighted by atomic mass is 10.1. The van der Waals surface area contributed by atoms with Gasteiger partial charge in [-0.3, -0.25) is 4.90 Å². The van der Waals surface area contributed by atoms with E-state index in [1.165, 1.54) is 24.4 Å². The summed E-state index contributed by atoms with van der Waals surface area (Å²) in [4.78, 5) is 10.6. The molecule has 140 valence electrons. The lowest BCUT2D eigenvalue weighted by Gasteiger charge is -2.26. The number of nitrogens with one attached hydrogen (secondary N) is 2. The summed E-state index contributed by atoms with van der Waals surface area (Å²) in [6, 6.07) is 6.83. The minimum absolute atomic E-state index is 0.0435. The summed E-state index contributed by atoms with van der Waals surface area (Å²) in [7, 11) is 0. The summed E-state index contributed by atoms with van der Waals surface area (Å²) >= 11 is 0. The Labute approximate surface area is 149 Å². The molecule has 1 fully saturated rings. The second kappa shape index (κ2) is 8.33. The van der Waals surface area contributed by atoms with Gasteiger partial charge in [0.1, 0.15) is 5.82 Å². The lowest BCUT2D eigenvalue weighted by Crippen LogP contribution is -2.39. The topological polar surface area (TPSA) is 62.3 Å². The fraction of sp³-hybridized carbons (Fsp3) is 0.412. The number of alkyl halides is 3. The fourth-order valence-corrected chi connectivity index (χ4v) is 2.64. The van der Waals surface area contributed by atoms with Crippen LogP contribution in [0.5, 0.6) is 0 Å². The minimum Gasteiger partial charge on any atom is -0.379 e. The Morgan fingerprint density at radius 1 is 1.12 bits per heavy atom. The summed E-state index contributed by atoms with van der Waals surface area (Å²) in [5.74, 6) is 0.665. The maximum Gasteiger partial charge on any atom is 0.418 e. The van der Waals surface area contributed by atoms with E-state index in [9.17, 15) is 13.2 Å². The smallest absolute Gasteiger partial charge is 0.379 e. The standard InChI is InChI=1S/C17H20F3N5O/c18-17(19,20)13-3-1-2-4-14(13)23-15-5-6-21-16(24-15)22-7-8-25-9-11-26-12-10-25/h1-6H,7-12H2,(H2,21,22,23,24). The summed E-state index contributed by atoms with van der Waals surface area (Å²) in [6.45, 7) is 4.70. The van der Waals surface area contributed by atoms with Gasteiger partial charge in [-0.25, -0.2) is 4.98 Å². The van der Waals surface area contributed by atoms with Crippen molar-refractivity contribution >= 4 is 17.5 Å². The van der Waals surface area contributed by atoms with Gasteiger partial charge in [0.25, 0.3) is 0 Å². The van der Waals surface area contributed by atoms with Crippen LogP contribution in [0.2, 0.25) is 0 Å². The SMILES string of the molecule is FC(F)(F)c1ccccc1Nc1ccnc(NCCN2CCOCC2)n1. The van der Waals surface area contributed by atoms with Gasteiger partial charge in [0.15, 0.2) is 0 Å². The first-order valence-electron chi connectivity index (χ1n) is 8.32. The van der Waals surface area contributed by atoms with Crippen LogP contribution in [0.4, 0.5) is 30.6 Å². The van der Waals surface area contributed by atoms with Gasteiger partial charge < -0.3 is 15.4 Å². The number of halogens is 3. The molecule has 1 aromatic heterocycles. The molecular formula is C17H20F3N5O. The van der Waals surface area contributed by atoms with Crippen LogP contribution in [0.25, 0.3) is 0 Å². The van der Waals surface area contributed by atoms with Crippen LogP contribution in [0.1, 0.15) is 5.56 Å². The summed E-state index contributed by atoms with van der Waals surface area (Å²) in [6.07, 6.45) is -2.93. The van der Waals surface area contributed by atoms with Crippen molar-refractivity contribution in [2.45, 2.75) is 6.18 Å². The number of benzene rings is 1. The van der Waals surface area contributed by atoms with Gasteiger partial charge >= 0.3 is 6.18 Å². The summed E-state index contributed by atoms with van der Waals surface area (Å²) in [5.41, 5.74) is -0.779. The predicted octanol–water partition coefficient (Wildman–Crippen LogP) is 2.98. The minimum atomic E-state index is -4.43. The van der Waals surface area contributed by atoms with E-state index in [1.54, 1.807) is 6.07 Å². The van der Waals surface area contributed by atoms with Gasteiger partial charge in [0.2, 0.25) is 5.95 Å². The number of aromatic nitrogens is 2. The van der Waals surface area contributed by atoms with E-state index >= 15 is 0 Å². The molecule has 0 saturated carbocycles. The number of ether oxygens (including phenoxy) is 1. The molecule has 3 rings (SSSR count). The van der Waals surface area contributed by atoms with Gasteiger partial charge in [-0.1, -0.05) is 12.1 Å². The van der Waals surface area contributed by atoms with E-state index in [0.717, 1.165) is 38.9 Å². The van der Waals surface area contributed by atoms with E-state index in [-0.39, 0.29) is 5.69 Å². The molecule has 0 amide bonds. The number of anilines is 3. The first-order valence-corrected chi connectivity index (χ1v) is 8.32. The van der Waals surface area contributed by atoms with Crippen molar-refractivity contribution in [3.63, 3.8) is 0 Å². The molecule has 0 atom stereocenters. The van der Waals surface area contributed by atoms with Gasteiger partial charge in [0.05, 0.1) is 24.5 Å². The van der Waals surface area contributed by atoms with E-state index < -0.39 is 11.7 Å². The molecule has 0 bridgehead atoms. The van der Waals surface area contributed by atoms with Gasteiger partial charge in [-0.15, -0.1) is 0 Å². The molecule has 9 heteroatoms. The highest BCUT2D eigenvalue weighted by molar-refractivity contribution is 5.61. The third-order valence-electron chi connectivity index (χ3n) is 3.97. The van der Waals surface area contributed by atoms with Crippen molar-refractivity contribution in [2.75, 3.05) is 50.0 Å². The number of morpholine rings is 1. The average Bonchev–Trinajstić information content (AvgIpc) is 2.63. The molecule has 2 N–H and O–H groups in total. The largest absolute Gasteiger partial charge is 0.418 e. The Balaban J connectivity index is 1.61. The Bertz CT molecular complexity index is 720. The zero-order valence-corrected chi connectivity index (χ0v) is 14.1. The zero-order chi connectivity index (χ0) is 18.4. The maximum atomic E-state index is 13.1. The third-order valence-corrected chi connectivity index (χ3v) is 3.97. The molecule has 1 saturated heterocycles. The molecule has 0 radical (unpaired) electrons. The third kappa shape index (κ3) is 5.06. The number of nitrogens with zero attached hydrogens (tertiary/aromatic N) is 3. The van der Waals surface area contributed by atoms with Gasteiger partial charge in [-0.2, -0.15) is 18.2 Å². The number of para-hydroxylation sites is 1. The molecule has 0 aliphatic carbocycles. The second-order valence-electron chi connectivity index (χ2n) is 5.81. The quantitative estimate of drug-likeness (QED) is 0.819. The van der Waals surface area contributed by atoms with Crippen LogP contribution in [0, 0.1) is 0 Å². The highest BCUT2D eigenvalue weighted by Gasteiger charge is 2.33. The maximum absolute atomic E-state index is 13.1. The molecule has 1 aliphatic heterocycles. The molecular weight excluding hydrogens is 347 g/mol. The molecule has 6 nitrogen and oxygen atoms in total. The van der Waals surface area contributed by atoms with Crippen molar-refractivity contribution in [2.24, 2.45) is 0 Å². The van der Waals surface area contributed by atoms with Crippen LogP contribution in [-0.4, -0.2) is 54.3 Å². The van der Waals surface area contributed by atoms with E-state index in [1.807, 2.05) is 0 Å². The van der Waals surface area contributed by atoms with Crippen molar-refractivity contribution in [3.05, 3.63) is 42.1 Å². The van der Waals surface area contributed by atoms with Crippen LogP contribution in [-0.2, 0) is 10.9 Å². The van der Waals surface area contributed by atoms with Gasteiger partial charge in [0, 0.05) is 32.4 Å². The highest BCUT2D eigenvalue weighted by atomic mass is 19.4. The fourth-order valence-electron chi connectivity index (χ4n) is 2.64. The van der Waals surface area contributed by atoms with Crippen molar-refractivity contribution in [1.82, 2.24) is 14.9 Å². The Hall–Kier alpha value is -2.39. The van der Waals surface area contributed by atoms with Crippen LogP contribution >= 0.6 is 0 Å². The molecule has 1 aliphatic rings. The van der Waals surface area contributed by atoms with Gasteiger partial charge in [-0.05, 0) is 18.2 Å². The van der Waals surface area contributed by atoms with Crippen LogP contribution < -0.4 is 10.6 Å². The first-order chi connectivity index (χ1) is 12.5. The Morgan fingerprint density at radius 3 is 2.65 bits per heavy atom. The van der Waals surface area contributed by atoms with E-state index in [0.29, 0.717) is 18.3 Å². The van der Waals surface area contributed by atoms with E-state index in [2.05, 4.69) is 25.5 Å². The number of rotatable bonds is 6. The van der Waals surface area contributed by atoms with Crippen molar-refractivity contribution in [1.29, 1.82) is 0 Å². The monoisotopic (exact) mass is 367 g/mol. The zero-order valence-electron chi connectivity index (χ0n) is 14.1. The molecule has 1 aromatic carbocycles. The average molecular weight is 367 g/mol. The molecule has 2 heterocycles. The Kier molecular flexibility index (Phi) is 5.89. The van der Waals surface area contributed by atoms with E-state index in [4.69, 9.17) is 4.74 Å². The summed E-state index contributed by atoms with van der Waals surface area (Å²) in [5, 5.41) is 5.82. The van der Waals surface area contributed by atoms with Crippen molar-refractivity contribution < 1.29 is 17.9 Å². The Morgan fingerprint density at radius 2 is 1.88 bits per heavy atom. The molecule has 2 aromatic rings. The first kappa shape index (κ1) is 18.4. The lowest BCUT2D eigenvalue weighted by molar-refractivity contribution is -0.136. The molecule has 0 spiro atoms. The number of hydrogen-bond donors (Lipinski definition) is 2. The number of hydrogen-bond acceptors (Lipinski definition) is 6. The normalized spacial score (nSPS) is 15.7. The highest BCUT2D eigenvalue weighted by Crippen LogP contribution is 2.35.